The Morgan fingerprint density at radius 2 is 1.78 bits per heavy atom. The lowest BCUT2D eigenvalue weighted by Gasteiger charge is -2.10. The van der Waals surface area contributed by atoms with E-state index >= 15 is 0 Å². The summed E-state index contributed by atoms with van der Waals surface area (Å²) in [4.78, 5) is 11.3. The molecule has 2 N–H and O–H groups in total. The van der Waals surface area contributed by atoms with Gasteiger partial charge in [0.15, 0.2) is 11.6 Å². The summed E-state index contributed by atoms with van der Waals surface area (Å²) in [5.74, 6) is -0.965. The maximum atomic E-state index is 14.1. The van der Waals surface area contributed by atoms with Gasteiger partial charge in [0.05, 0.1) is 7.11 Å². The lowest BCUT2D eigenvalue weighted by molar-refractivity contribution is 0.100. The van der Waals surface area contributed by atoms with Crippen LogP contribution in [0.4, 0.5) is 4.39 Å². The molecule has 0 aromatic heterocycles. The Labute approximate surface area is 104 Å². The fourth-order valence-electron chi connectivity index (χ4n) is 1.81. The van der Waals surface area contributed by atoms with Crippen molar-refractivity contribution in [3.8, 4) is 16.9 Å². The predicted octanol–water partition coefficient (Wildman–Crippen LogP) is 2.60. The lowest BCUT2D eigenvalue weighted by Crippen LogP contribution is -2.12. The van der Waals surface area contributed by atoms with Crippen molar-refractivity contribution in [2.45, 2.75) is 0 Å². The van der Waals surface area contributed by atoms with Gasteiger partial charge in [0.1, 0.15) is 0 Å². The van der Waals surface area contributed by atoms with Crippen LogP contribution in [0.1, 0.15) is 10.4 Å². The smallest absolute Gasteiger partial charge is 0.249 e. The normalized spacial score (nSPS) is 10.1. The van der Waals surface area contributed by atoms with Crippen LogP contribution in [0.15, 0.2) is 42.5 Å². The first-order valence-corrected chi connectivity index (χ1v) is 5.37. The Hall–Kier alpha value is -2.36. The highest BCUT2D eigenvalue weighted by atomic mass is 19.1. The second-order valence-corrected chi connectivity index (χ2v) is 3.73. The Bertz CT molecular complexity index is 596. The molecular weight excluding hydrogens is 233 g/mol. The van der Waals surface area contributed by atoms with Crippen LogP contribution in [0.3, 0.4) is 0 Å². The molecule has 1 amide bonds. The maximum absolute atomic E-state index is 14.1. The number of hydrogen-bond donors (Lipinski definition) is 1. The van der Waals surface area contributed by atoms with Crippen LogP contribution in [0.2, 0.25) is 0 Å². The number of rotatable bonds is 3. The van der Waals surface area contributed by atoms with E-state index in [4.69, 9.17) is 10.5 Å². The van der Waals surface area contributed by atoms with E-state index < -0.39 is 11.7 Å². The van der Waals surface area contributed by atoms with Gasteiger partial charge in [-0.15, -0.1) is 0 Å². The third-order valence-electron chi connectivity index (χ3n) is 2.67. The molecule has 2 rings (SSSR count). The Morgan fingerprint density at radius 1 is 1.11 bits per heavy atom. The number of carbonyl (C=O) groups is 1. The number of carbonyl (C=O) groups excluding carboxylic acids is 1. The van der Waals surface area contributed by atoms with Crippen LogP contribution in [0, 0.1) is 5.82 Å². The molecule has 4 heteroatoms. The first-order chi connectivity index (χ1) is 8.65. The summed E-state index contributed by atoms with van der Waals surface area (Å²) in [6.07, 6.45) is 0. The molecule has 0 unspecified atom stereocenters. The standard InChI is InChI=1S/C14H12FNO2/c1-18-12-8-4-7-10(13(12)15)9-5-2-3-6-11(9)14(16)17/h2-8H,1H3,(H2,16,17). The van der Waals surface area contributed by atoms with Gasteiger partial charge < -0.3 is 10.5 Å². The molecule has 0 spiro atoms. The summed E-state index contributed by atoms with van der Waals surface area (Å²) in [7, 11) is 1.39. The molecule has 3 nitrogen and oxygen atoms in total. The largest absolute Gasteiger partial charge is 0.494 e. The molecule has 0 radical (unpaired) electrons. The van der Waals surface area contributed by atoms with Crippen molar-refractivity contribution in [3.63, 3.8) is 0 Å². The molecule has 0 atom stereocenters. The molecule has 0 heterocycles. The average molecular weight is 245 g/mol. The topological polar surface area (TPSA) is 52.3 Å². The van der Waals surface area contributed by atoms with Crippen LogP contribution in [-0.2, 0) is 0 Å². The van der Waals surface area contributed by atoms with Gasteiger partial charge in [-0.05, 0) is 17.7 Å². The van der Waals surface area contributed by atoms with Gasteiger partial charge in [0.2, 0.25) is 5.91 Å². The second-order valence-electron chi connectivity index (χ2n) is 3.73. The van der Waals surface area contributed by atoms with Crippen molar-refractivity contribution >= 4 is 5.91 Å². The van der Waals surface area contributed by atoms with Gasteiger partial charge >= 0.3 is 0 Å². The Kier molecular flexibility index (Phi) is 3.28. The number of amides is 1. The second kappa shape index (κ2) is 4.87. The molecule has 2 aromatic rings. The van der Waals surface area contributed by atoms with Crippen molar-refractivity contribution < 1.29 is 13.9 Å². The minimum atomic E-state index is -0.590. The zero-order chi connectivity index (χ0) is 13.1. The monoisotopic (exact) mass is 245 g/mol. The van der Waals surface area contributed by atoms with E-state index in [2.05, 4.69) is 0 Å². The van der Waals surface area contributed by atoms with Crippen molar-refractivity contribution in [2.75, 3.05) is 7.11 Å². The quantitative estimate of drug-likeness (QED) is 0.903. The number of benzene rings is 2. The number of hydrogen-bond acceptors (Lipinski definition) is 2. The van der Waals surface area contributed by atoms with Gasteiger partial charge in [-0.2, -0.15) is 0 Å². The minimum Gasteiger partial charge on any atom is -0.494 e. The number of methoxy groups -OCH3 is 1. The Balaban J connectivity index is 2.66. The van der Waals surface area contributed by atoms with E-state index in [0.717, 1.165) is 0 Å². The molecular formula is C14H12FNO2. The highest BCUT2D eigenvalue weighted by Crippen LogP contribution is 2.30. The van der Waals surface area contributed by atoms with Gasteiger partial charge in [-0.1, -0.05) is 30.3 Å². The minimum absolute atomic E-state index is 0.131. The van der Waals surface area contributed by atoms with Gasteiger partial charge in [0.25, 0.3) is 0 Å². The van der Waals surface area contributed by atoms with E-state index in [9.17, 15) is 9.18 Å². The molecule has 0 aliphatic carbocycles. The van der Waals surface area contributed by atoms with Gasteiger partial charge in [0, 0.05) is 11.1 Å². The fraction of sp³-hybridized carbons (Fsp3) is 0.0714. The number of primary amides is 1. The summed E-state index contributed by atoms with van der Waals surface area (Å²) < 4.78 is 19.0. The predicted molar refractivity (Wildman–Crippen MR) is 66.9 cm³/mol. The summed E-state index contributed by atoms with van der Waals surface area (Å²) >= 11 is 0. The molecule has 0 bridgehead atoms. The van der Waals surface area contributed by atoms with E-state index in [0.29, 0.717) is 11.1 Å². The Morgan fingerprint density at radius 3 is 2.44 bits per heavy atom. The van der Waals surface area contributed by atoms with Crippen molar-refractivity contribution in [1.29, 1.82) is 0 Å². The summed E-state index contributed by atoms with van der Waals surface area (Å²) in [5.41, 5.74) is 6.32. The third kappa shape index (κ3) is 2.05. The number of nitrogens with two attached hydrogens (primary N) is 1. The average Bonchev–Trinajstić information content (AvgIpc) is 2.39. The van der Waals surface area contributed by atoms with Crippen LogP contribution < -0.4 is 10.5 Å². The zero-order valence-electron chi connectivity index (χ0n) is 9.81. The highest BCUT2D eigenvalue weighted by molar-refractivity contribution is 5.99. The third-order valence-corrected chi connectivity index (χ3v) is 2.67. The number of halogens is 1. The molecule has 2 aromatic carbocycles. The zero-order valence-corrected chi connectivity index (χ0v) is 9.81. The molecule has 0 aliphatic heterocycles. The van der Waals surface area contributed by atoms with Gasteiger partial charge in [-0.3, -0.25) is 4.79 Å². The molecule has 92 valence electrons. The van der Waals surface area contributed by atoms with Crippen LogP contribution in [0.5, 0.6) is 5.75 Å². The van der Waals surface area contributed by atoms with E-state index in [-0.39, 0.29) is 11.3 Å². The highest BCUT2D eigenvalue weighted by Gasteiger charge is 2.15. The maximum Gasteiger partial charge on any atom is 0.249 e. The SMILES string of the molecule is COc1cccc(-c2ccccc2C(N)=O)c1F. The summed E-state index contributed by atoms with van der Waals surface area (Å²) in [5, 5.41) is 0. The van der Waals surface area contributed by atoms with Crippen molar-refractivity contribution in [3.05, 3.63) is 53.8 Å². The molecule has 0 fully saturated rings. The van der Waals surface area contributed by atoms with E-state index in [1.807, 2.05) is 0 Å². The molecule has 0 saturated carbocycles. The lowest BCUT2D eigenvalue weighted by atomic mass is 9.98. The first kappa shape index (κ1) is 12.1. The molecule has 0 saturated heterocycles. The van der Waals surface area contributed by atoms with Crippen LogP contribution in [-0.4, -0.2) is 13.0 Å². The number of ether oxygens (including phenoxy) is 1. The van der Waals surface area contributed by atoms with Crippen LogP contribution >= 0.6 is 0 Å². The van der Waals surface area contributed by atoms with Crippen LogP contribution in [0.25, 0.3) is 11.1 Å². The van der Waals surface area contributed by atoms with E-state index in [1.165, 1.54) is 13.2 Å². The molecule has 0 aliphatic rings. The first-order valence-electron chi connectivity index (χ1n) is 5.37. The van der Waals surface area contributed by atoms with E-state index in [1.54, 1.807) is 36.4 Å². The van der Waals surface area contributed by atoms with Gasteiger partial charge in [-0.25, -0.2) is 4.39 Å². The van der Waals surface area contributed by atoms with Crippen molar-refractivity contribution in [2.24, 2.45) is 5.73 Å². The summed E-state index contributed by atoms with van der Waals surface area (Å²) in [6.45, 7) is 0. The molecule has 18 heavy (non-hydrogen) atoms. The van der Waals surface area contributed by atoms with Crippen molar-refractivity contribution in [1.82, 2.24) is 0 Å². The summed E-state index contributed by atoms with van der Waals surface area (Å²) in [6, 6.07) is 11.4. The fourth-order valence-corrected chi connectivity index (χ4v) is 1.81.